The molecule has 0 bridgehead atoms. The predicted octanol–water partition coefficient (Wildman–Crippen LogP) is 4.59. The lowest BCUT2D eigenvalue weighted by molar-refractivity contribution is 0.153. The van der Waals surface area contributed by atoms with Crippen molar-refractivity contribution in [2.24, 2.45) is 10.9 Å². The van der Waals surface area contributed by atoms with Crippen LogP contribution in [0, 0.1) is 11.7 Å². The predicted molar refractivity (Wildman–Crippen MR) is 126 cm³/mol. The van der Waals surface area contributed by atoms with Crippen LogP contribution in [0.4, 0.5) is 4.39 Å². The van der Waals surface area contributed by atoms with Crippen molar-refractivity contribution in [1.82, 2.24) is 10.6 Å². The topological polar surface area (TPSA) is 54.9 Å². The van der Waals surface area contributed by atoms with Gasteiger partial charge in [0.1, 0.15) is 0 Å². The van der Waals surface area contributed by atoms with Gasteiger partial charge in [0.15, 0.2) is 17.5 Å². The highest BCUT2D eigenvalue weighted by atomic mass is 127. The van der Waals surface area contributed by atoms with Gasteiger partial charge < -0.3 is 20.1 Å². The normalized spacial score (nSPS) is 17.8. The zero-order valence-corrected chi connectivity index (χ0v) is 19.7. The van der Waals surface area contributed by atoms with Crippen LogP contribution in [0.1, 0.15) is 51.1 Å². The molecular formula is C22H33FIN3O2. The minimum absolute atomic E-state index is 0. The van der Waals surface area contributed by atoms with Crippen molar-refractivity contribution in [3.63, 3.8) is 0 Å². The molecule has 0 spiro atoms. The molecule has 1 saturated carbocycles. The van der Waals surface area contributed by atoms with Crippen LogP contribution in [0.15, 0.2) is 34.8 Å². The third kappa shape index (κ3) is 8.12. The smallest absolute Gasteiger partial charge is 0.191 e. The Kier molecular flexibility index (Phi) is 10.2. The Labute approximate surface area is 190 Å². The van der Waals surface area contributed by atoms with Crippen molar-refractivity contribution >= 4 is 29.9 Å². The van der Waals surface area contributed by atoms with E-state index in [-0.39, 0.29) is 35.8 Å². The van der Waals surface area contributed by atoms with E-state index in [0.29, 0.717) is 24.9 Å². The number of rotatable bonds is 9. The molecule has 1 aliphatic carbocycles. The Balaban J connectivity index is 0.00000300. The van der Waals surface area contributed by atoms with E-state index >= 15 is 0 Å². The number of halogens is 2. The van der Waals surface area contributed by atoms with Crippen LogP contribution >= 0.6 is 24.0 Å². The summed E-state index contributed by atoms with van der Waals surface area (Å²) < 4.78 is 25.3. The maximum Gasteiger partial charge on any atom is 0.191 e. The maximum absolute atomic E-state index is 14.4. The molecule has 1 aromatic carbocycles. The molecule has 1 unspecified atom stereocenters. The second-order valence-corrected chi connectivity index (χ2v) is 7.51. The van der Waals surface area contributed by atoms with E-state index in [2.05, 4.69) is 21.7 Å². The van der Waals surface area contributed by atoms with Gasteiger partial charge in [-0.15, -0.1) is 24.0 Å². The van der Waals surface area contributed by atoms with Gasteiger partial charge in [0.25, 0.3) is 0 Å². The van der Waals surface area contributed by atoms with Crippen molar-refractivity contribution in [2.45, 2.75) is 45.6 Å². The van der Waals surface area contributed by atoms with E-state index in [1.54, 1.807) is 12.1 Å². The second kappa shape index (κ2) is 12.4. The molecule has 1 atom stereocenters. The molecule has 0 saturated heterocycles. The van der Waals surface area contributed by atoms with Crippen LogP contribution in [-0.4, -0.2) is 38.9 Å². The number of ether oxygens (including phenoxy) is 2. The fourth-order valence-electron chi connectivity index (χ4n) is 3.11. The first kappa shape index (κ1) is 23.9. The Morgan fingerprint density at radius 1 is 1.38 bits per heavy atom. The lowest BCUT2D eigenvalue weighted by Crippen LogP contribution is -2.38. The molecule has 29 heavy (non-hydrogen) atoms. The van der Waals surface area contributed by atoms with Crippen molar-refractivity contribution in [1.29, 1.82) is 0 Å². The molecule has 2 aliphatic rings. The lowest BCUT2D eigenvalue weighted by atomic mass is 10.1. The van der Waals surface area contributed by atoms with Gasteiger partial charge in [-0.2, -0.15) is 0 Å². The lowest BCUT2D eigenvalue weighted by Gasteiger charge is -2.19. The summed E-state index contributed by atoms with van der Waals surface area (Å²) in [5.41, 5.74) is 2.27. The molecule has 7 heteroatoms. The molecule has 1 fully saturated rings. The maximum atomic E-state index is 14.4. The summed E-state index contributed by atoms with van der Waals surface area (Å²) in [6, 6.07) is 5.13. The van der Waals surface area contributed by atoms with E-state index in [0.717, 1.165) is 44.1 Å². The third-order valence-corrected chi connectivity index (χ3v) is 5.09. The number of hydrogen-bond donors (Lipinski definition) is 2. The molecule has 3 rings (SSSR count). The summed E-state index contributed by atoms with van der Waals surface area (Å²) in [6.45, 7) is 7.66. The largest absolute Gasteiger partial charge is 0.490 e. The molecular weight excluding hydrogens is 484 g/mol. The van der Waals surface area contributed by atoms with E-state index in [1.807, 2.05) is 19.9 Å². The van der Waals surface area contributed by atoms with Gasteiger partial charge in [0.05, 0.1) is 25.9 Å². The van der Waals surface area contributed by atoms with Crippen molar-refractivity contribution in [3.8, 4) is 5.75 Å². The summed E-state index contributed by atoms with van der Waals surface area (Å²) in [5.74, 6) is 1.39. The first-order chi connectivity index (χ1) is 13.7. The van der Waals surface area contributed by atoms with Crippen LogP contribution in [0.3, 0.4) is 0 Å². The highest BCUT2D eigenvalue weighted by Gasteiger charge is 2.22. The fourth-order valence-corrected chi connectivity index (χ4v) is 3.11. The Bertz CT molecular complexity index is 707. The summed E-state index contributed by atoms with van der Waals surface area (Å²) in [7, 11) is 0. The molecule has 5 nitrogen and oxygen atoms in total. The highest BCUT2D eigenvalue weighted by molar-refractivity contribution is 14.0. The molecule has 0 aromatic heterocycles. The summed E-state index contributed by atoms with van der Waals surface area (Å²) in [6.07, 6.45) is 6.47. The minimum Gasteiger partial charge on any atom is -0.490 e. The van der Waals surface area contributed by atoms with Crippen molar-refractivity contribution in [3.05, 3.63) is 41.2 Å². The van der Waals surface area contributed by atoms with Crippen molar-refractivity contribution < 1.29 is 13.9 Å². The number of guanidine groups is 1. The third-order valence-electron chi connectivity index (χ3n) is 5.09. The number of aliphatic imine (C=N–C) groups is 1. The van der Waals surface area contributed by atoms with Crippen LogP contribution in [0.2, 0.25) is 0 Å². The van der Waals surface area contributed by atoms with Gasteiger partial charge in [0, 0.05) is 13.1 Å². The fraction of sp³-hybridized carbons (Fsp3) is 0.591. The Hall–Kier alpha value is -1.35. The van der Waals surface area contributed by atoms with Crippen LogP contribution in [0.25, 0.3) is 0 Å². The van der Waals surface area contributed by atoms with Gasteiger partial charge in [-0.3, -0.25) is 4.99 Å². The van der Waals surface area contributed by atoms with Gasteiger partial charge in [-0.25, -0.2) is 4.39 Å². The number of nitrogens with one attached hydrogen (secondary N) is 2. The number of benzene rings is 1. The van der Waals surface area contributed by atoms with E-state index in [4.69, 9.17) is 9.47 Å². The Morgan fingerprint density at radius 3 is 2.86 bits per heavy atom. The number of nitrogens with zero attached hydrogens (tertiary/aromatic N) is 1. The molecule has 1 aliphatic heterocycles. The molecule has 0 radical (unpaired) electrons. The van der Waals surface area contributed by atoms with Crippen LogP contribution < -0.4 is 15.4 Å². The van der Waals surface area contributed by atoms with Crippen LogP contribution in [0.5, 0.6) is 5.75 Å². The van der Waals surface area contributed by atoms with Gasteiger partial charge >= 0.3 is 0 Å². The summed E-state index contributed by atoms with van der Waals surface area (Å²) in [4.78, 5) is 4.66. The van der Waals surface area contributed by atoms with E-state index in [1.165, 1.54) is 18.4 Å². The quantitative estimate of drug-likeness (QED) is 0.218. The first-order valence-corrected chi connectivity index (χ1v) is 10.4. The van der Waals surface area contributed by atoms with Gasteiger partial charge in [0.2, 0.25) is 0 Å². The van der Waals surface area contributed by atoms with Crippen molar-refractivity contribution in [2.75, 3.05) is 32.9 Å². The zero-order chi connectivity index (χ0) is 19.8. The van der Waals surface area contributed by atoms with Crippen LogP contribution in [-0.2, 0) is 4.74 Å². The number of hydrogen-bond acceptors (Lipinski definition) is 3. The monoisotopic (exact) mass is 517 g/mol. The minimum atomic E-state index is -0.305. The zero-order valence-electron chi connectivity index (χ0n) is 17.4. The molecule has 162 valence electrons. The first-order valence-electron chi connectivity index (χ1n) is 10.4. The van der Waals surface area contributed by atoms with E-state index < -0.39 is 0 Å². The second-order valence-electron chi connectivity index (χ2n) is 7.51. The molecule has 1 aromatic rings. The average Bonchev–Trinajstić information content (AvgIpc) is 3.52. The van der Waals surface area contributed by atoms with Gasteiger partial charge in [-0.05, 0) is 63.1 Å². The average molecular weight is 517 g/mol. The SMILES string of the molecule is CCNC(=NCCC1=CCOCC1)NC(C)c1ccc(OCC2CC2)c(F)c1.I. The summed E-state index contributed by atoms with van der Waals surface area (Å²) in [5, 5.41) is 6.63. The van der Waals surface area contributed by atoms with Gasteiger partial charge in [-0.1, -0.05) is 17.7 Å². The molecule has 2 N–H and O–H groups in total. The van der Waals surface area contributed by atoms with E-state index in [9.17, 15) is 4.39 Å². The Morgan fingerprint density at radius 2 is 2.21 bits per heavy atom. The molecule has 0 amide bonds. The highest BCUT2D eigenvalue weighted by Crippen LogP contribution is 2.30. The summed E-state index contributed by atoms with van der Waals surface area (Å²) >= 11 is 0. The standard InChI is InChI=1S/C22H32FN3O2.HI/c1-3-24-22(25-11-8-17-9-12-27-13-10-17)26-16(2)19-6-7-21(20(23)14-19)28-15-18-4-5-18;/h6-7,9,14,16,18H,3-5,8,10-13,15H2,1-2H3,(H2,24,25,26);1H. The molecule has 1 heterocycles.